The van der Waals surface area contributed by atoms with Crippen molar-refractivity contribution >= 4 is 17.5 Å². The normalized spacial score (nSPS) is 12.5. The lowest BCUT2D eigenvalue weighted by atomic mass is 9.81. The summed E-state index contributed by atoms with van der Waals surface area (Å²) in [5.74, 6) is -3.15. The van der Waals surface area contributed by atoms with Crippen molar-refractivity contribution < 1.29 is 34.1 Å². The number of hydrogen-bond donors (Lipinski definition) is 2. The Bertz CT molecular complexity index is 899. The third-order valence-corrected chi connectivity index (χ3v) is 3.90. The number of aromatic hydroxyl groups is 2. The minimum Gasteiger partial charge on any atom is -0.504 e. The van der Waals surface area contributed by atoms with Crippen LogP contribution in [0, 0.1) is 0 Å². The summed E-state index contributed by atoms with van der Waals surface area (Å²) in [6, 6.07) is 6.57. The molecule has 3 rings (SSSR count). The molecule has 2 N–H and O–H groups in total. The fourth-order valence-electron chi connectivity index (χ4n) is 2.72. The number of ketones is 2. The predicted molar refractivity (Wildman–Crippen MR) is 85.2 cm³/mol. The van der Waals surface area contributed by atoms with E-state index >= 15 is 0 Å². The van der Waals surface area contributed by atoms with Gasteiger partial charge in [0.1, 0.15) is 6.61 Å². The zero-order valence-electron chi connectivity index (χ0n) is 13.2. The van der Waals surface area contributed by atoms with Gasteiger partial charge in [0.05, 0.1) is 17.7 Å². The van der Waals surface area contributed by atoms with Crippen molar-refractivity contribution in [1.82, 2.24) is 0 Å². The fourth-order valence-corrected chi connectivity index (χ4v) is 2.72. The maximum atomic E-state index is 12.8. The number of esters is 1. The van der Waals surface area contributed by atoms with Crippen LogP contribution in [0.4, 0.5) is 0 Å². The zero-order chi connectivity index (χ0) is 18.1. The van der Waals surface area contributed by atoms with Crippen molar-refractivity contribution in [1.29, 1.82) is 0 Å². The lowest BCUT2D eigenvalue weighted by molar-refractivity contribution is 0.0386. The molecule has 0 aliphatic heterocycles. The number of phenolic OH excluding ortho intramolecular Hbond substituents is 2. The van der Waals surface area contributed by atoms with E-state index in [1.165, 1.54) is 31.4 Å². The van der Waals surface area contributed by atoms with Crippen LogP contribution in [0.2, 0.25) is 0 Å². The molecule has 1 aliphatic rings. The van der Waals surface area contributed by atoms with E-state index in [0.29, 0.717) is 0 Å². The molecule has 2 aromatic carbocycles. The number of phenols is 2. The smallest absolute Gasteiger partial charge is 0.338 e. The molecule has 0 fully saturated rings. The molecule has 0 radical (unpaired) electrons. The predicted octanol–water partition coefficient (Wildman–Crippen LogP) is 1.68. The first-order valence-electron chi connectivity index (χ1n) is 7.40. The summed E-state index contributed by atoms with van der Waals surface area (Å²) in [6.45, 7) is 0.204. The number of hydrogen-bond acceptors (Lipinski definition) is 7. The molecule has 0 unspecified atom stereocenters. The van der Waals surface area contributed by atoms with Crippen molar-refractivity contribution in [2.24, 2.45) is 0 Å². The first-order chi connectivity index (χ1) is 12.0. The van der Waals surface area contributed by atoms with Crippen molar-refractivity contribution in [3.8, 4) is 11.5 Å². The van der Waals surface area contributed by atoms with E-state index in [1.807, 2.05) is 0 Å². The van der Waals surface area contributed by atoms with Gasteiger partial charge in [-0.05, 0) is 18.2 Å². The summed E-state index contributed by atoms with van der Waals surface area (Å²) in [4.78, 5) is 37.7. The molecule has 2 aromatic rings. The zero-order valence-corrected chi connectivity index (χ0v) is 13.2. The average molecular weight is 342 g/mol. The molecule has 7 heteroatoms. The van der Waals surface area contributed by atoms with Gasteiger partial charge in [0.25, 0.3) is 0 Å². The maximum Gasteiger partial charge on any atom is 0.338 e. The molecule has 0 heterocycles. The summed E-state index contributed by atoms with van der Waals surface area (Å²) in [5, 5.41) is 19.5. The number of rotatable bonds is 4. The molecule has 128 valence electrons. The fraction of sp³-hybridized carbons (Fsp3) is 0.167. The van der Waals surface area contributed by atoms with Crippen molar-refractivity contribution in [3.63, 3.8) is 0 Å². The number of carbonyl (C=O) groups excluding carboxylic acids is 3. The Labute approximate surface area is 142 Å². The molecule has 7 nitrogen and oxygen atoms in total. The van der Waals surface area contributed by atoms with E-state index < -0.39 is 29.0 Å². The number of benzene rings is 2. The van der Waals surface area contributed by atoms with Crippen LogP contribution in [0.1, 0.15) is 42.2 Å². The highest BCUT2D eigenvalue weighted by molar-refractivity contribution is 6.31. The third kappa shape index (κ3) is 2.64. The van der Waals surface area contributed by atoms with Gasteiger partial charge in [-0.25, -0.2) is 4.79 Å². The summed E-state index contributed by atoms with van der Waals surface area (Å²) < 4.78 is 9.83. The Morgan fingerprint density at radius 1 is 0.960 bits per heavy atom. The van der Waals surface area contributed by atoms with Gasteiger partial charge in [0.15, 0.2) is 23.1 Å². The van der Waals surface area contributed by atoms with Crippen LogP contribution in [0.25, 0.3) is 0 Å². The molecule has 0 saturated carbocycles. The van der Waals surface area contributed by atoms with E-state index in [1.54, 1.807) is 0 Å². The lowest BCUT2D eigenvalue weighted by Gasteiger charge is -2.20. The Morgan fingerprint density at radius 3 is 2.36 bits per heavy atom. The first kappa shape index (κ1) is 16.7. The first-order valence-corrected chi connectivity index (χ1v) is 7.40. The van der Waals surface area contributed by atoms with Crippen LogP contribution in [0.5, 0.6) is 11.5 Å². The van der Waals surface area contributed by atoms with Crippen LogP contribution in [0.3, 0.4) is 0 Å². The number of fused-ring (bicyclic) bond motifs is 2. The monoisotopic (exact) mass is 342 g/mol. The van der Waals surface area contributed by atoms with Crippen molar-refractivity contribution in [3.05, 3.63) is 58.1 Å². The Hall–Kier alpha value is -3.19. The largest absolute Gasteiger partial charge is 0.504 e. The van der Waals surface area contributed by atoms with Gasteiger partial charge in [-0.1, -0.05) is 12.1 Å². The van der Waals surface area contributed by atoms with E-state index in [2.05, 4.69) is 0 Å². The molecule has 0 aromatic heterocycles. The highest BCUT2D eigenvalue weighted by Gasteiger charge is 2.36. The molecule has 25 heavy (non-hydrogen) atoms. The molecule has 0 saturated heterocycles. The summed E-state index contributed by atoms with van der Waals surface area (Å²) >= 11 is 0. The van der Waals surface area contributed by atoms with Crippen LogP contribution < -0.4 is 0 Å². The maximum absolute atomic E-state index is 12.8. The second kappa shape index (κ2) is 6.37. The Balaban J connectivity index is 2.11. The minimum atomic E-state index is -0.749. The molecule has 1 aliphatic carbocycles. The van der Waals surface area contributed by atoms with Gasteiger partial charge in [0.2, 0.25) is 0 Å². The van der Waals surface area contributed by atoms with E-state index in [4.69, 9.17) is 9.47 Å². The standard InChI is InChI=1S/C18H14O7/c1-24-7-8-25-18(23)11-4-2-3-9-13(11)15(20)10-5-6-12(19)17(22)14(10)16(9)21/h2-6,19,22H,7-8H2,1H3. The van der Waals surface area contributed by atoms with Crippen LogP contribution in [0.15, 0.2) is 30.3 Å². The van der Waals surface area contributed by atoms with Crippen LogP contribution in [-0.2, 0) is 9.47 Å². The van der Waals surface area contributed by atoms with E-state index in [-0.39, 0.29) is 41.0 Å². The highest BCUT2D eigenvalue weighted by Crippen LogP contribution is 2.38. The number of carbonyl (C=O) groups is 3. The second-order valence-corrected chi connectivity index (χ2v) is 5.37. The van der Waals surface area contributed by atoms with Crippen molar-refractivity contribution in [2.75, 3.05) is 20.3 Å². The third-order valence-electron chi connectivity index (χ3n) is 3.90. The molecule has 0 bridgehead atoms. The van der Waals surface area contributed by atoms with Crippen molar-refractivity contribution in [2.45, 2.75) is 0 Å². The van der Waals surface area contributed by atoms with E-state index in [0.717, 1.165) is 6.07 Å². The molecular formula is C18H14O7. The molecule has 0 spiro atoms. The summed E-state index contributed by atoms with van der Waals surface area (Å²) in [6.07, 6.45) is 0. The van der Waals surface area contributed by atoms with Gasteiger partial charge in [-0.15, -0.1) is 0 Å². The van der Waals surface area contributed by atoms with Crippen LogP contribution >= 0.6 is 0 Å². The average Bonchev–Trinajstić information content (AvgIpc) is 2.61. The Kier molecular flexibility index (Phi) is 4.24. The second-order valence-electron chi connectivity index (χ2n) is 5.37. The minimum absolute atomic E-state index is 0.00633. The van der Waals surface area contributed by atoms with Gasteiger partial charge in [0, 0.05) is 23.8 Å². The quantitative estimate of drug-likeness (QED) is 0.421. The van der Waals surface area contributed by atoms with Crippen LogP contribution in [-0.4, -0.2) is 48.1 Å². The van der Waals surface area contributed by atoms with E-state index in [9.17, 15) is 24.6 Å². The topological polar surface area (TPSA) is 110 Å². The SMILES string of the molecule is COCCOC(=O)c1cccc2c1C(=O)c1ccc(O)c(O)c1C2=O. The molecule has 0 atom stereocenters. The van der Waals surface area contributed by atoms with Gasteiger partial charge in [-0.2, -0.15) is 0 Å². The summed E-state index contributed by atoms with van der Waals surface area (Å²) in [7, 11) is 1.46. The molecular weight excluding hydrogens is 328 g/mol. The number of ether oxygens (including phenoxy) is 2. The summed E-state index contributed by atoms with van der Waals surface area (Å²) in [5.41, 5.74) is -0.496. The van der Waals surface area contributed by atoms with Gasteiger partial charge >= 0.3 is 5.97 Å². The highest BCUT2D eigenvalue weighted by atomic mass is 16.6. The lowest BCUT2D eigenvalue weighted by Crippen LogP contribution is -2.25. The number of methoxy groups -OCH3 is 1. The van der Waals surface area contributed by atoms with Gasteiger partial charge < -0.3 is 19.7 Å². The Morgan fingerprint density at radius 2 is 1.64 bits per heavy atom. The molecule has 0 amide bonds. The van der Waals surface area contributed by atoms with Gasteiger partial charge in [-0.3, -0.25) is 9.59 Å².